The molecule has 2 aromatic rings. The first kappa shape index (κ1) is 22.6. The molecule has 154 valence electrons. The number of aliphatic hydroxyl groups is 2. The van der Waals surface area contributed by atoms with E-state index in [9.17, 15) is 10.2 Å². The quantitative estimate of drug-likeness (QED) is 0.624. The van der Waals surface area contributed by atoms with E-state index in [1.165, 1.54) is 22.3 Å². The van der Waals surface area contributed by atoms with Crippen LogP contribution in [0.3, 0.4) is 0 Å². The third-order valence-corrected chi connectivity index (χ3v) is 5.61. The van der Waals surface area contributed by atoms with E-state index < -0.39 is 0 Å². The molecule has 0 aliphatic carbocycles. The maximum atomic E-state index is 9.79. The molecule has 0 bridgehead atoms. The molecular formula is C26H38O2. The van der Waals surface area contributed by atoms with Crippen molar-refractivity contribution in [3.05, 3.63) is 69.8 Å². The molecular weight excluding hydrogens is 344 g/mol. The molecule has 2 rings (SSSR count). The Morgan fingerprint density at radius 1 is 0.714 bits per heavy atom. The lowest BCUT2D eigenvalue weighted by molar-refractivity contribution is 0.278. The van der Waals surface area contributed by atoms with Crippen LogP contribution < -0.4 is 0 Å². The molecule has 0 aliphatic rings. The molecule has 0 saturated carbocycles. The largest absolute Gasteiger partial charge is 0.392 e. The van der Waals surface area contributed by atoms with Crippen LogP contribution in [-0.2, 0) is 24.0 Å². The molecule has 0 amide bonds. The molecule has 0 atom stereocenters. The fourth-order valence-electron chi connectivity index (χ4n) is 4.11. The zero-order chi connectivity index (χ0) is 21.1. The van der Waals surface area contributed by atoms with Gasteiger partial charge in [-0.25, -0.2) is 0 Å². The monoisotopic (exact) mass is 382 g/mol. The first-order valence-electron chi connectivity index (χ1n) is 10.5. The summed E-state index contributed by atoms with van der Waals surface area (Å²) in [6, 6.07) is 13.1. The second kappa shape index (κ2) is 8.80. The van der Waals surface area contributed by atoms with Crippen LogP contribution >= 0.6 is 0 Å². The van der Waals surface area contributed by atoms with Crippen LogP contribution in [0, 0.1) is 0 Å². The third kappa shape index (κ3) is 5.04. The molecule has 28 heavy (non-hydrogen) atoms. The Kier molecular flexibility index (Phi) is 7.12. The van der Waals surface area contributed by atoms with Gasteiger partial charge in [0.1, 0.15) is 0 Å². The highest BCUT2D eigenvalue weighted by Gasteiger charge is 2.23. The molecule has 0 spiro atoms. The van der Waals surface area contributed by atoms with Gasteiger partial charge in [0.15, 0.2) is 0 Å². The zero-order valence-electron chi connectivity index (χ0n) is 18.8. The highest BCUT2D eigenvalue weighted by Crippen LogP contribution is 2.37. The van der Waals surface area contributed by atoms with Crippen LogP contribution in [0.2, 0.25) is 0 Å². The van der Waals surface area contributed by atoms with Gasteiger partial charge >= 0.3 is 0 Å². The summed E-state index contributed by atoms with van der Waals surface area (Å²) in [6.45, 7) is 15.6. The Morgan fingerprint density at radius 3 is 1.39 bits per heavy atom. The fraction of sp³-hybridized carbons (Fsp3) is 0.538. The molecule has 2 N–H and O–H groups in total. The number of hydrogen-bond donors (Lipinski definition) is 2. The van der Waals surface area contributed by atoms with Crippen LogP contribution in [0.15, 0.2) is 36.4 Å². The summed E-state index contributed by atoms with van der Waals surface area (Å²) in [6.07, 6.45) is 2.17. The number of aliphatic hydroxyl groups excluding tert-OH is 2. The van der Waals surface area contributed by atoms with Crippen molar-refractivity contribution in [2.24, 2.45) is 0 Å². The number of benzene rings is 2. The van der Waals surface area contributed by atoms with Crippen LogP contribution in [0.4, 0.5) is 0 Å². The van der Waals surface area contributed by atoms with Gasteiger partial charge in [0.05, 0.1) is 13.2 Å². The summed E-state index contributed by atoms with van der Waals surface area (Å²) in [5.74, 6) is 0.313. The first-order valence-corrected chi connectivity index (χ1v) is 10.5. The number of rotatable bonds is 6. The van der Waals surface area contributed by atoms with E-state index in [1.807, 2.05) is 0 Å². The van der Waals surface area contributed by atoms with Gasteiger partial charge in [-0.3, -0.25) is 0 Å². The lowest BCUT2D eigenvalue weighted by Crippen LogP contribution is -2.17. The molecule has 2 heteroatoms. The molecule has 0 aliphatic heterocycles. The molecule has 0 saturated heterocycles. The number of hydrogen-bond acceptors (Lipinski definition) is 2. The highest BCUT2D eigenvalue weighted by atomic mass is 16.3. The predicted molar refractivity (Wildman–Crippen MR) is 119 cm³/mol. The summed E-state index contributed by atoms with van der Waals surface area (Å²) < 4.78 is 0. The summed E-state index contributed by atoms with van der Waals surface area (Å²) in [4.78, 5) is 0. The highest BCUT2D eigenvalue weighted by molar-refractivity contribution is 5.44. The molecule has 0 radical (unpaired) electrons. The van der Waals surface area contributed by atoms with E-state index in [2.05, 4.69) is 84.9 Å². The van der Waals surface area contributed by atoms with Crippen molar-refractivity contribution in [1.82, 2.24) is 0 Å². The maximum Gasteiger partial charge on any atom is 0.0684 e. The lowest BCUT2D eigenvalue weighted by Gasteiger charge is -2.28. The topological polar surface area (TPSA) is 40.5 Å². The molecule has 2 nitrogen and oxygen atoms in total. The van der Waals surface area contributed by atoms with E-state index in [4.69, 9.17) is 0 Å². The normalized spacial score (nSPS) is 12.6. The van der Waals surface area contributed by atoms with Crippen molar-refractivity contribution in [1.29, 1.82) is 0 Å². The van der Waals surface area contributed by atoms with Gasteiger partial charge in [-0.05, 0) is 50.6 Å². The first-order chi connectivity index (χ1) is 13.0. The molecule has 0 aromatic heterocycles. The van der Waals surface area contributed by atoms with Gasteiger partial charge in [0.25, 0.3) is 0 Å². The average Bonchev–Trinajstić information content (AvgIpc) is 2.63. The summed E-state index contributed by atoms with van der Waals surface area (Å²) >= 11 is 0. The third-order valence-electron chi connectivity index (χ3n) is 5.61. The van der Waals surface area contributed by atoms with Gasteiger partial charge in [-0.2, -0.15) is 0 Å². The fourth-order valence-corrected chi connectivity index (χ4v) is 4.11. The molecule has 2 aromatic carbocycles. The minimum absolute atomic E-state index is 0.0118. The van der Waals surface area contributed by atoms with Crippen molar-refractivity contribution in [3.8, 4) is 0 Å². The maximum absolute atomic E-state index is 9.79. The van der Waals surface area contributed by atoms with Crippen molar-refractivity contribution in [2.45, 2.75) is 91.3 Å². The van der Waals surface area contributed by atoms with Gasteiger partial charge in [-0.1, -0.05) is 91.3 Å². The van der Waals surface area contributed by atoms with Gasteiger partial charge in [-0.15, -0.1) is 0 Å². The van der Waals surface area contributed by atoms with E-state index >= 15 is 0 Å². The van der Waals surface area contributed by atoms with E-state index in [0.29, 0.717) is 5.92 Å². The van der Waals surface area contributed by atoms with Crippen molar-refractivity contribution in [3.63, 3.8) is 0 Å². The Bertz CT molecular complexity index is 726. The minimum Gasteiger partial charge on any atom is -0.392 e. The molecule has 0 unspecified atom stereocenters. The van der Waals surface area contributed by atoms with Crippen molar-refractivity contribution >= 4 is 0 Å². The Morgan fingerprint density at radius 2 is 1.11 bits per heavy atom. The van der Waals surface area contributed by atoms with E-state index in [1.54, 1.807) is 0 Å². The second-order valence-electron chi connectivity index (χ2n) is 9.99. The second-order valence-corrected chi connectivity index (χ2v) is 9.99. The van der Waals surface area contributed by atoms with E-state index in [0.717, 1.165) is 24.0 Å². The smallest absolute Gasteiger partial charge is 0.0684 e. The lowest BCUT2D eigenvalue weighted by atomic mass is 9.77. The van der Waals surface area contributed by atoms with Crippen LogP contribution in [0.25, 0.3) is 0 Å². The Labute approximate surface area is 171 Å². The molecule has 0 fully saturated rings. The van der Waals surface area contributed by atoms with E-state index in [-0.39, 0.29) is 24.0 Å². The SMILES string of the molecule is CCCC(c1ccc(CO)c(C(C)(C)C)c1)c1ccc(CO)c(C(C)(C)C)c1. The van der Waals surface area contributed by atoms with Gasteiger partial charge < -0.3 is 10.2 Å². The standard InChI is InChI=1S/C26H38O2/c1-8-9-22(18-10-12-20(16-27)23(14-18)25(2,3)4)19-11-13-21(17-28)24(15-19)26(5,6)7/h10-15,22,27-28H,8-9,16-17H2,1-7H3. The van der Waals surface area contributed by atoms with Gasteiger partial charge in [0, 0.05) is 5.92 Å². The van der Waals surface area contributed by atoms with Crippen molar-refractivity contribution in [2.75, 3.05) is 0 Å². The van der Waals surface area contributed by atoms with Gasteiger partial charge in [0.2, 0.25) is 0 Å². The summed E-state index contributed by atoms with van der Waals surface area (Å²) in [7, 11) is 0. The van der Waals surface area contributed by atoms with Crippen LogP contribution in [-0.4, -0.2) is 10.2 Å². The predicted octanol–water partition coefficient (Wildman–Crippen LogP) is 6.20. The van der Waals surface area contributed by atoms with Crippen molar-refractivity contribution < 1.29 is 10.2 Å². The Hall–Kier alpha value is -1.64. The average molecular weight is 383 g/mol. The van der Waals surface area contributed by atoms with Crippen LogP contribution in [0.5, 0.6) is 0 Å². The Balaban J connectivity index is 2.61. The zero-order valence-corrected chi connectivity index (χ0v) is 18.8. The summed E-state index contributed by atoms with van der Waals surface area (Å²) in [5.41, 5.74) is 7.05. The molecule has 0 heterocycles. The van der Waals surface area contributed by atoms with Crippen LogP contribution in [0.1, 0.15) is 101 Å². The minimum atomic E-state index is -0.0118. The summed E-state index contributed by atoms with van der Waals surface area (Å²) in [5, 5.41) is 19.6.